The van der Waals surface area contributed by atoms with Gasteiger partial charge in [0, 0.05) is 32.6 Å². The summed E-state index contributed by atoms with van der Waals surface area (Å²) in [6.45, 7) is 9.07. The molecule has 0 bridgehead atoms. The van der Waals surface area contributed by atoms with Gasteiger partial charge in [0.2, 0.25) is 5.91 Å². The first-order valence-electron chi connectivity index (χ1n) is 14.1. The molecule has 1 aliphatic heterocycles. The van der Waals surface area contributed by atoms with E-state index in [0.29, 0.717) is 13.1 Å². The van der Waals surface area contributed by atoms with Gasteiger partial charge in [0.25, 0.3) is 0 Å². The highest BCUT2D eigenvalue weighted by molar-refractivity contribution is 5.91. The second kappa shape index (κ2) is 11.9. The van der Waals surface area contributed by atoms with Gasteiger partial charge in [-0.1, -0.05) is 50.6 Å². The third kappa shape index (κ3) is 5.65. The largest absolute Gasteiger partial charge is 0.354 e. The summed E-state index contributed by atoms with van der Waals surface area (Å²) in [6, 6.07) is 16.4. The van der Waals surface area contributed by atoms with Gasteiger partial charge >= 0.3 is 0 Å². The molecule has 2 aromatic carbocycles. The van der Waals surface area contributed by atoms with Gasteiger partial charge < -0.3 is 9.80 Å². The van der Waals surface area contributed by atoms with E-state index in [1.807, 2.05) is 42.2 Å². The summed E-state index contributed by atoms with van der Waals surface area (Å²) in [5.41, 5.74) is 3.41. The monoisotopic (exact) mass is 528 g/mol. The summed E-state index contributed by atoms with van der Waals surface area (Å²) in [5.74, 6) is 1.45. The molecule has 1 saturated heterocycles. The van der Waals surface area contributed by atoms with E-state index in [4.69, 9.17) is 15.1 Å². The molecule has 8 heteroatoms. The van der Waals surface area contributed by atoms with Crippen molar-refractivity contribution in [2.24, 2.45) is 0 Å². The lowest BCUT2D eigenvalue weighted by atomic mass is 9.95. The lowest BCUT2D eigenvalue weighted by Crippen LogP contribution is -2.38. The molecule has 0 spiro atoms. The number of aromatic nitrogens is 4. The number of hydrogen-bond acceptors (Lipinski definition) is 5. The topological polar surface area (TPSA) is 67.2 Å². The standard InChI is InChI=1S/C31H37FN6O/c1-4-6-13-27-33-29(28-22(3)35-38(30(28)34-27)25-16-14-24(32)15-17-25)36-18-10-19-37(21-20-36)31(39)26(5-2)23-11-8-7-9-12-23/h7-9,11-12,14-17,26H,4-6,10,13,18-21H2,1-3H3. The number of nitrogens with zero attached hydrogens (tertiary/aromatic N) is 6. The van der Waals surface area contributed by atoms with Gasteiger partial charge in [-0.15, -0.1) is 0 Å². The van der Waals surface area contributed by atoms with Crippen molar-refractivity contribution >= 4 is 22.8 Å². The third-order valence-electron chi connectivity index (χ3n) is 7.57. The molecule has 4 aromatic rings. The fourth-order valence-corrected chi connectivity index (χ4v) is 5.45. The molecule has 1 unspecified atom stereocenters. The number of amides is 1. The maximum absolute atomic E-state index is 13.6. The second-order valence-corrected chi connectivity index (χ2v) is 10.3. The van der Waals surface area contributed by atoms with Gasteiger partial charge in [-0.2, -0.15) is 5.10 Å². The summed E-state index contributed by atoms with van der Waals surface area (Å²) in [7, 11) is 0. The number of rotatable bonds is 8. The molecule has 3 heterocycles. The molecule has 1 fully saturated rings. The number of carbonyl (C=O) groups is 1. The van der Waals surface area contributed by atoms with Crippen LogP contribution >= 0.6 is 0 Å². The molecule has 7 nitrogen and oxygen atoms in total. The minimum absolute atomic E-state index is 0.125. The first-order valence-corrected chi connectivity index (χ1v) is 14.1. The Labute approximate surface area is 229 Å². The van der Waals surface area contributed by atoms with Crippen molar-refractivity contribution in [2.45, 2.75) is 58.8 Å². The van der Waals surface area contributed by atoms with E-state index in [2.05, 4.69) is 18.7 Å². The van der Waals surface area contributed by atoms with E-state index in [-0.39, 0.29) is 17.6 Å². The lowest BCUT2D eigenvalue weighted by molar-refractivity contribution is -0.132. The normalized spacial score (nSPS) is 15.0. The summed E-state index contributed by atoms with van der Waals surface area (Å²) in [5, 5.41) is 5.71. The molecule has 2 aromatic heterocycles. The number of anilines is 1. The Kier molecular flexibility index (Phi) is 8.19. The van der Waals surface area contributed by atoms with Crippen molar-refractivity contribution in [2.75, 3.05) is 31.1 Å². The Morgan fingerprint density at radius 3 is 2.46 bits per heavy atom. The zero-order valence-electron chi connectivity index (χ0n) is 23.1. The van der Waals surface area contributed by atoms with E-state index in [9.17, 15) is 9.18 Å². The van der Waals surface area contributed by atoms with Gasteiger partial charge in [0.15, 0.2) is 5.65 Å². The molecule has 1 atom stereocenters. The minimum atomic E-state index is -0.285. The average molecular weight is 529 g/mol. The zero-order chi connectivity index (χ0) is 27.4. The van der Waals surface area contributed by atoms with E-state index >= 15 is 0 Å². The molecular formula is C31H37FN6O. The molecule has 0 N–H and O–H groups in total. The third-order valence-corrected chi connectivity index (χ3v) is 7.57. The predicted molar refractivity (Wildman–Crippen MR) is 153 cm³/mol. The molecule has 0 saturated carbocycles. The summed E-state index contributed by atoms with van der Waals surface area (Å²) in [6.07, 6.45) is 4.46. The fourth-order valence-electron chi connectivity index (χ4n) is 5.45. The first-order chi connectivity index (χ1) is 19.0. The highest BCUT2D eigenvalue weighted by Crippen LogP contribution is 2.31. The van der Waals surface area contributed by atoms with E-state index in [0.717, 1.165) is 84.8 Å². The molecule has 1 aliphatic rings. The predicted octanol–water partition coefficient (Wildman–Crippen LogP) is 5.84. The van der Waals surface area contributed by atoms with Crippen LogP contribution in [0.25, 0.3) is 16.7 Å². The summed E-state index contributed by atoms with van der Waals surface area (Å²) >= 11 is 0. The molecule has 1 amide bonds. The Bertz CT molecular complexity index is 1420. The quantitative estimate of drug-likeness (QED) is 0.288. The second-order valence-electron chi connectivity index (χ2n) is 10.3. The number of fused-ring (bicyclic) bond motifs is 1. The van der Waals surface area contributed by atoms with Crippen molar-refractivity contribution < 1.29 is 9.18 Å². The van der Waals surface area contributed by atoms with Gasteiger partial charge in [-0.3, -0.25) is 4.79 Å². The van der Waals surface area contributed by atoms with Crippen molar-refractivity contribution in [3.63, 3.8) is 0 Å². The van der Waals surface area contributed by atoms with Gasteiger partial charge in [-0.05, 0) is 56.0 Å². The van der Waals surface area contributed by atoms with Crippen molar-refractivity contribution in [3.8, 4) is 5.69 Å². The zero-order valence-corrected chi connectivity index (χ0v) is 23.1. The SMILES string of the molecule is CCCCc1nc(N2CCCN(C(=O)C(CC)c3ccccc3)CC2)c2c(C)nn(-c3ccc(F)cc3)c2n1. The molecular weight excluding hydrogens is 491 g/mol. The molecule has 5 rings (SSSR count). The number of unbranched alkanes of at least 4 members (excludes halogenated alkanes) is 1. The molecule has 0 aliphatic carbocycles. The highest BCUT2D eigenvalue weighted by atomic mass is 19.1. The van der Waals surface area contributed by atoms with Crippen LogP contribution in [0.1, 0.15) is 62.5 Å². The smallest absolute Gasteiger partial charge is 0.230 e. The van der Waals surface area contributed by atoms with Crippen LogP contribution in [0, 0.1) is 12.7 Å². The molecule has 204 valence electrons. The van der Waals surface area contributed by atoms with Crippen LogP contribution in [0.5, 0.6) is 0 Å². The number of halogens is 1. The van der Waals surface area contributed by atoms with E-state index in [1.165, 1.54) is 12.1 Å². The van der Waals surface area contributed by atoms with Gasteiger partial charge in [0.05, 0.1) is 22.7 Å². The van der Waals surface area contributed by atoms with E-state index < -0.39 is 0 Å². The first kappa shape index (κ1) is 26.8. The Morgan fingerprint density at radius 2 is 1.74 bits per heavy atom. The highest BCUT2D eigenvalue weighted by Gasteiger charge is 2.28. The number of benzene rings is 2. The number of carbonyl (C=O) groups excluding carboxylic acids is 1. The van der Waals surface area contributed by atoms with Crippen LogP contribution in [0.3, 0.4) is 0 Å². The summed E-state index contributed by atoms with van der Waals surface area (Å²) in [4.78, 5) is 27.9. The van der Waals surface area contributed by atoms with Crippen LogP contribution in [0.15, 0.2) is 54.6 Å². The van der Waals surface area contributed by atoms with Crippen LogP contribution in [0.2, 0.25) is 0 Å². The Balaban J connectivity index is 1.47. The van der Waals surface area contributed by atoms with Crippen LogP contribution in [-0.2, 0) is 11.2 Å². The van der Waals surface area contributed by atoms with E-state index in [1.54, 1.807) is 16.8 Å². The maximum Gasteiger partial charge on any atom is 0.230 e. The number of hydrogen-bond donors (Lipinski definition) is 0. The average Bonchev–Trinajstić information content (AvgIpc) is 3.12. The minimum Gasteiger partial charge on any atom is -0.354 e. The molecule has 0 radical (unpaired) electrons. The van der Waals surface area contributed by atoms with Crippen LogP contribution < -0.4 is 4.90 Å². The van der Waals surface area contributed by atoms with Gasteiger partial charge in [-0.25, -0.2) is 19.0 Å². The van der Waals surface area contributed by atoms with Crippen molar-refractivity contribution in [1.29, 1.82) is 0 Å². The Morgan fingerprint density at radius 1 is 0.974 bits per heavy atom. The lowest BCUT2D eigenvalue weighted by Gasteiger charge is -2.26. The van der Waals surface area contributed by atoms with Crippen LogP contribution in [-0.4, -0.2) is 56.7 Å². The number of aryl methyl sites for hydroxylation is 2. The Hall–Kier alpha value is -3.81. The maximum atomic E-state index is 13.6. The fraction of sp³-hybridized carbons (Fsp3) is 0.419. The molecule has 39 heavy (non-hydrogen) atoms. The summed E-state index contributed by atoms with van der Waals surface area (Å²) < 4.78 is 15.4. The van der Waals surface area contributed by atoms with Crippen molar-refractivity contribution in [3.05, 3.63) is 77.5 Å². The van der Waals surface area contributed by atoms with Gasteiger partial charge in [0.1, 0.15) is 17.5 Å². The van der Waals surface area contributed by atoms with Crippen LogP contribution in [0.4, 0.5) is 10.2 Å². The van der Waals surface area contributed by atoms with Crippen molar-refractivity contribution in [1.82, 2.24) is 24.6 Å².